The van der Waals surface area contributed by atoms with E-state index in [9.17, 15) is 13.2 Å². The molecule has 1 aromatic carbocycles. The molecule has 0 amide bonds. The Morgan fingerprint density at radius 1 is 1.32 bits per heavy atom. The Kier molecular flexibility index (Phi) is 7.62. The molecule has 0 aliphatic heterocycles. The van der Waals surface area contributed by atoms with Crippen LogP contribution in [-0.2, 0) is 21.2 Å². The van der Waals surface area contributed by atoms with Gasteiger partial charge >= 0.3 is 5.97 Å². The molecule has 0 saturated heterocycles. The third kappa shape index (κ3) is 6.53. The van der Waals surface area contributed by atoms with Crippen LogP contribution in [0.2, 0.25) is 0 Å². The molecule has 0 aliphatic rings. The molecule has 0 heterocycles. The van der Waals surface area contributed by atoms with Crippen LogP contribution in [0.15, 0.2) is 30.3 Å². The predicted molar refractivity (Wildman–Crippen MR) is 74.8 cm³/mol. The summed E-state index contributed by atoms with van der Waals surface area (Å²) in [5, 5.41) is 8.71. The summed E-state index contributed by atoms with van der Waals surface area (Å²) in [5.74, 6) is -1.44. The van der Waals surface area contributed by atoms with Crippen LogP contribution in [0.3, 0.4) is 0 Å². The Morgan fingerprint density at radius 2 is 1.89 bits per heavy atom. The van der Waals surface area contributed by atoms with Gasteiger partial charge in [-0.1, -0.05) is 30.3 Å². The number of benzene rings is 1. The summed E-state index contributed by atoms with van der Waals surface area (Å²) in [6, 6.07) is 7.82. The van der Waals surface area contributed by atoms with E-state index in [0.717, 1.165) is 5.56 Å². The Hall–Kier alpha value is -1.15. The predicted octanol–water partition coefficient (Wildman–Crippen LogP) is -0.0178. The minimum atomic E-state index is -3.65. The van der Waals surface area contributed by atoms with Gasteiger partial charge in [0, 0.05) is 6.54 Å². The first-order chi connectivity index (χ1) is 8.44. The molecule has 1 aromatic rings. The van der Waals surface area contributed by atoms with Gasteiger partial charge in [-0.25, -0.2) is 8.42 Å². The first-order valence-electron chi connectivity index (χ1n) is 5.41. The van der Waals surface area contributed by atoms with Crippen LogP contribution < -0.4 is 10.5 Å². The number of aryl methyl sites for hydroxylation is 1. The van der Waals surface area contributed by atoms with Crippen LogP contribution in [0.5, 0.6) is 0 Å². The summed E-state index contributed by atoms with van der Waals surface area (Å²) in [6.45, 7) is -0.278. The molecule has 1 rings (SSSR count). The van der Waals surface area contributed by atoms with Crippen LogP contribution in [-0.4, -0.2) is 37.8 Å². The zero-order valence-electron chi connectivity index (χ0n) is 10.2. The SMILES string of the molecule is Cl.NC[C@H](NS(=O)(=O)CCc1ccccc1)C(=O)O. The van der Waals surface area contributed by atoms with E-state index in [0.29, 0.717) is 6.42 Å². The lowest BCUT2D eigenvalue weighted by molar-refractivity contribution is -0.138. The third-order valence-electron chi connectivity index (χ3n) is 2.36. The average molecular weight is 309 g/mol. The second-order valence-electron chi connectivity index (χ2n) is 3.80. The maximum atomic E-state index is 11.6. The van der Waals surface area contributed by atoms with Crippen molar-refractivity contribution in [2.24, 2.45) is 5.73 Å². The van der Waals surface area contributed by atoms with E-state index in [1.54, 1.807) is 0 Å². The molecule has 0 unspecified atom stereocenters. The summed E-state index contributed by atoms with van der Waals surface area (Å²) in [6.07, 6.45) is 0.326. The number of carbonyl (C=O) groups is 1. The first kappa shape index (κ1) is 17.8. The van der Waals surface area contributed by atoms with E-state index in [-0.39, 0.29) is 24.7 Å². The zero-order chi connectivity index (χ0) is 13.6. The highest BCUT2D eigenvalue weighted by molar-refractivity contribution is 7.89. The molecule has 4 N–H and O–H groups in total. The number of halogens is 1. The number of nitrogens with two attached hydrogens (primary N) is 1. The van der Waals surface area contributed by atoms with Gasteiger partial charge in [0.2, 0.25) is 10.0 Å². The fourth-order valence-electron chi connectivity index (χ4n) is 1.37. The lowest BCUT2D eigenvalue weighted by atomic mass is 10.2. The number of carboxylic acid groups (broad SMARTS) is 1. The number of carboxylic acids is 1. The van der Waals surface area contributed by atoms with Crippen LogP contribution in [0.1, 0.15) is 5.56 Å². The zero-order valence-corrected chi connectivity index (χ0v) is 11.8. The molecular weight excluding hydrogens is 292 g/mol. The molecule has 0 aromatic heterocycles. The van der Waals surface area contributed by atoms with Crippen molar-refractivity contribution in [1.82, 2.24) is 4.72 Å². The van der Waals surface area contributed by atoms with Gasteiger partial charge in [-0.2, -0.15) is 4.72 Å². The molecule has 8 heteroatoms. The van der Waals surface area contributed by atoms with E-state index in [1.165, 1.54) is 0 Å². The smallest absolute Gasteiger partial charge is 0.323 e. The number of hydrogen-bond donors (Lipinski definition) is 3. The molecule has 6 nitrogen and oxygen atoms in total. The molecule has 0 spiro atoms. The minimum Gasteiger partial charge on any atom is -0.480 e. The van der Waals surface area contributed by atoms with E-state index in [4.69, 9.17) is 10.8 Å². The quantitative estimate of drug-likeness (QED) is 0.656. The second kappa shape index (κ2) is 8.11. The lowest BCUT2D eigenvalue weighted by Crippen LogP contribution is -2.46. The monoisotopic (exact) mass is 308 g/mol. The topological polar surface area (TPSA) is 109 Å². The van der Waals surface area contributed by atoms with Gasteiger partial charge in [-0.05, 0) is 12.0 Å². The number of aliphatic carboxylic acids is 1. The summed E-state index contributed by atoms with van der Waals surface area (Å²) in [5.41, 5.74) is 6.06. The number of rotatable bonds is 7. The second-order valence-corrected chi connectivity index (χ2v) is 5.67. The largest absolute Gasteiger partial charge is 0.480 e. The van der Waals surface area contributed by atoms with E-state index in [2.05, 4.69) is 4.72 Å². The van der Waals surface area contributed by atoms with Gasteiger partial charge in [0.1, 0.15) is 6.04 Å². The molecule has 1 atom stereocenters. The van der Waals surface area contributed by atoms with Crippen LogP contribution in [0, 0.1) is 0 Å². The molecule has 0 aliphatic carbocycles. The fraction of sp³-hybridized carbons (Fsp3) is 0.364. The highest BCUT2D eigenvalue weighted by atomic mass is 35.5. The van der Waals surface area contributed by atoms with Crippen molar-refractivity contribution >= 4 is 28.4 Å². The standard InChI is InChI=1S/C11H16N2O4S.ClH/c12-8-10(11(14)15)13-18(16,17)7-6-9-4-2-1-3-5-9;/h1-5,10,13H,6-8,12H2,(H,14,15);1H/t10-;/m0./s1. The van der Waals surface area contributed by atoms with Crippen LogP contribution >= 0.6 is 12.4 Å². The third-order valence-corrected chi connectivity index (χ3v) is 3.74. The van der Waals surface area contributed by atoms with Gasteiger partial charge in [0.15, 0.2) is 0 Å². The molecule has 0 bridgehead atoms. The van der Waals surface area contributed by atoms with Gasteiger partial charge < -0.3 is 10.8 Å². The van der Waals surface area contributed by atoms with E-state index < -0.39 is 22.0 Å². The minimum absolute atomic E-state index is 0. The fourth-order valence-corrected chi connectivity index (χ4v) is 2.62. The van der Waals surface area contributed by atoms with Gasteiger partial charge in [0.05, 0.1) is 5.75 Å². The van der Waals surface area contributed by atoms with Gasteiger partial charge in [0.25, 0.3) is 0 Å². The number of nitrogens with one attached hydrogen (secondary N) is 1. The summed E-state index contributed by atoms with van der Waals surface area (Å²) < 4.78 is 25.4. The molecular formula is C11H17ClN2O4S. The Balaban J connectivity index is 0.00000324. The molecule has 0 radical (unpaired) electrons. The molecule has 108 valence electrons. The number of sulfonamides is 1. The maximum Gasteiger partial charge on any atom is 0.323 e. The maximum absolute atomic E-state index is 11.6. The van der Waals surface area contributed by atoms with Crippen molar-refractivity contribution in [3.63, 3.8) is 0 Å². The Labute approximate surface area is 118 Å². The van der Waals surface area contributed by atoms with Crippen molar-refractivity contribution in [3.05, 3.63) is 35.9 Å². The Bertz CT molecular complexity index is 493. The molecule has 0 fully saturated rings. The lowest BCUT2D eigenvalue weighted by Gasteiger charge is -2.12. The van der Waals surface area contributed by atoms with Crippen molar-refractivity contribution in [1.29, 1.82) is 0 Å². The van der Waals surface area contributed by atoms with E-state index in [1.807, 2.05) is 30.3 Å². The van der Waals surface area contributed by atoms with Crippen molar-refractivity contribution in [2.75, 3.05) is 12.3 Å². The van der Waals surface area contributed by atoms with Crippen molar-refractivity contribution in [3.8, 4) is 0 Å². The van der Waals surface area contributed by atoms with Crippen LogP contribution in [0.4, 0.5) is 0 Å². The Morgan fingerprint density at radius 3 is 2.37 bits per heavy atom. The molecule has 19 heavy (non-hydrogen) atoms. The highest BCUT2D eigenvalue weighted by Gasteiger charge is 2.22. The summed E-state index contributed by atoms with van der Waals surface area (Å²) >= 11 is 0. The highest BCUT2D eigenvalue weighted by Crippen LogP contribution is 2.01. The summed E-state index contributed by atoms with van der Waals surface area (Å²) in [4.78, 5) is 10.7. The molecule has 0 saturated carbocycles. The average Bonchev–Trinajstić information content (AvgIpc) is 2.35. The van der Waals surface area contributed by atoms with Crippen molar-refractivity contribution < 1.29 is 18.3 Å². The first-order valence-corrected chi connectivity index (χ1v) is 7.06. The van der Waals surface area contributed by atoms with Crippen molar-refractivity contribution in [2.45, 2.75) is 12.5 Å². The normalized spacial score (nSPS) is 12.5. The number of hydrogen-bond acceptors (Lipinski definition) is 4. The van der Waals surface area contributed by atoms with Crippen LogP contribution in [0.25, 0.3) is 0 Å². The van der Waals surface area contributed by atoms with Gasteiger partial charge in [-0.15, -0.1) is 12.4 Å². The summed E-state index contributed by atoms with van der Waals surface area (Å²) in [7, 11) is -3.65. The van der Waals surface area contributed by atoms with Gasteiger partial charge in [-0.3, -0.25) is 4.79 Å². The van der Waals surface area contributed by atoms with E-state index >= 15 is 0 Å².